The normalized spacial score (nSPS) is 15.9. The average Bonchev–Trinajstić information content (AvgIpc) is 2.92. The van der Waals surface area contributed by atoms with Crippen molar-refractivity contribution in [2.75, 3.05) is 62.5 Å². The molecule has 0 radical (unpaired) electrons. The number of piperazine rings is 1. The number of rotatable bonds is 17. The van der Waals surface area contributed by atoms with Gasteiger partial charge >= 0.3 is 15.2 Å². The van der Waals surface area contributed by atoms with E-state index in [1.54, 1.807) is 11.8 Å². The predicted molar refractivity (Wildman–Crippen MR) is 162 cm³/mol. The number of nitrogens with one attached hydrogen (secondary N) is 1. The number of carbonyl (C=O) groups is 2. The van der Waals surface area contributed by atoms with Crippen LogP contribution in [0.25, 0.3) is 0 Å². The van der Waals surface area contributed by atoms with E-state index < -0.39 is 32.7 Å². The van der Waals surface area contributed by atoms with Gasteiger partial charge in [0.25, 0.3) is 5.08 Å². The fourth-order valence-electron chi connectivity index (χ4n) is 4.74. The highest BCUT2D eigenvalue weighted by Crippen LogP contribution is 2.69. The minimum absolute atomic E-state index is 0.0716. The quantitative estimate of drug-likeness (QED) is 0.104. The summed E-state index contributed by atoms with van der Waals surface area (Å²) >= 11 is 11.7. The zero-order chi connectivity index (χ0) is 31.6. The number of aliphatic hydroxyl groups is 1. The Balaban J connectivity index is 1.72. The van der Waals surface area contributed by atoms with Crippen molar-refractivity contribution >= 4 is 55.9 Å². The standard InChI is InChI=1S/C25H42Cl2N4O9P2/c1-20(28-23(32)5-2-4-21-6-8-22(9-7-21)30(14-11-26)15-12-27)24(33)31-18-16-29(17-19-31)13-3-10-25(34,41(35,36)37)42(38,39)40/h6-9,20,34H,2-5,10-19H2,1H3,(H,28,32)(H2,35,36,37)(H2,38,39,40)/t20-/m0/s1. The Labute approximate surface area is 256 Å². The summed E-state index contributed by atoms with van der Waals surface area (Å²) in [5.41, 5.74) is 2.14. The maximum absolute atomic E-state index is 12.8. The molecular formula is C25H42Cl2N4O9P2. The van der Waals surface area contributed by atoms with Gasteiger partial charge in [-0.15, -0.1) is 23.2 Å². The first-order valence-electron chi connectivity index (χ1n) is 13.7. The Morgan fingerprint density at radius 2 is 1.52 bits per heavy atom. The number of carbonyl (C=O) groups excluding carboxylic acids is 2. The van der Waals surface area contributed by atoms with Crippen molar-refractivity contribution in [1.82, 2.24) is 15.1 Å². The van der Waals surface area contributed by atoms with Crippen molar-refractivity contribution in [2.45, 2.75) is 50.2 Å². The predicted octanol–water partition coefficient (Wildman–Crippen LogP) is 1.72. The van der Waals surface area contributed by atoms with E-state index >= 15 is 0 Å². The molecule has 42 heavy (non-hydrogen) atoms. The van der Waals surface area contributed by atoms with Gasteiger partial charge in [0.2, 0.25) is 11.8 Å². The Bertz CT molecular complexity index is 1080. The molecule has 0 aromatic heterocycles. The lowest BCUT2D eigenvalue weighted by molar-refractivity contribution is -0.137. The minimum atomic E-state index is -5.48. The minimum Gasteiger partial charge on any atom is -0.369 e. The summed E-state index contributed by atoms with van der Waals surface area (Å²) in [5.74, 6) is 0.564. The molecule has 240 valence electrons. The third-order valence-corrected chi connectivity index (χ3v) is 11.4. The molecule has 1 aliphatic heterocycles. The van der Waals surface area contributed by atoms with Gasteiger partial charge in [0, 0.05) is 69.6 Å². The summed E-state index contributed by atoms with van der Waals surface area (Å²) in [7, 11) is -11.0. The fraction of sp³-hybridized carbons (Fsp3) is 0.680. The monoisotopic (exact) mass is 674 g/mol. The molecule has 2 rings (SSSR count). The average molecular weight is 675 g/mol. The second kappa shape index (κ2) is 16.7. The van der Waals surface area contributed by atoms with E-state index in [1.807, 2.05) is 29.2 Å². The van der Waals surface area contributed by atoms with Crippen molar-refractivity contribution in [3.8, 4) is 0 Å². The molecule has 1 heterocycles. The van der Waals surface area contributed by atoms with E-state index in [9.17, 15) is 43.4 Å². The lowest BCUT2D eigenvalue weighted by atomic mass is 10.1. The molecule has 0 unspecified atom stereocenters. The van der Waals surface area contributed by atoms with Gasteiger partial charge in [0.05, 0.1) is 0 Å². The number of hydrogen-bond acceptors (Lipinski definition) is 7. The lowest BCUT2D eigenvalue weighted by Crippen LogP contribution is -2.54. The van der Waals surface area contributed by atoms with Crippen LogP contribution in [0.15, 0.2) is 24.3 Å². The number of amides is 2. The van der Waals surface area contributed by atoms with Gasteiger partial charge in [-0.05, 0) is 50.4 Å². The van der Waals surface area contributed by atoms with E-state index in [2.05, 4.69) is 10.2 Å². The van der Waals surface area contributed by atoms with Crippen LogP contribution in [-0.2, 0) is 25.1 Å². The van der Waals surface area contributed by atoms with Crippen LogP contribution in [0, 0.1) is 0 Å². The van der Waals surface area contributed by atoms with Gasteiger partial charge < -0.3 is 39.8 Å². The van der Waals surface area contributed by atoms with Gasteiger partial charge in [-0.1, -0.05) is 12.1 Å². The summed E-state index contributed by atoms with van der Waals surface area (Å²) in [6, 6.07) is 7.35. The molecule has 1 atom stereocenters. The molecule has 1 aromatic rings. The van der Waals surface area contributed by atoms with Gasteiger partial charge in [0.15, 0.2) is 0 Å². The van der Waals surface area contributed by atoms with Crippen molar-refractivity contribution in [2.24, 2.45) is 0 Å². The maximum Gasteiger partial charge on any atom is 0.369 e. The number of alkyl halides is 2. The zero-order valence-corrected chi connectivity index (χ0v) is 26.9. The molecule has 1 fully saturated rings. The largest absolute Gasteiger partial charge is 0.369 e. The number of halogens is 2. The smallest absolute Gasteiger partial charge is 0.369 e. The third-order valence-electron chi connectivity index (χ3n) is 7.23. The molecular weight excluding hydrogens is 633 g/mol. The van der Waals surface area contributed by atoms with E-state index in [-0.39, 0.29) is 31.2 Å². The Kier molecular flexibility index (Phi) is 14.7. The highest BCUT2D eigenvalue weighted by Gasteiger charge is 2.58. The Hall–Kier alpha value is -1.24. The van der Waals surface area contributed by atoms with Crippen LogP contribution in [0.5, 0.6) is 0 Å². The molecule has 17 heteroatoms. The van der Waals surface area contributed by atoms with Gasteiger partial charge in [0.1, 0.15) is 6.04 Å². The molecule has 6 N–H and O–H groups in total. The molecule has 13 nitrogen and oxygen atoms in total. The molecule has 0 saturated carbocycles. The van der Waals surface area contributed by atoms with Crippen LogP contribution in [0.2, 0.25) is 0 Å². The van der Waals surface area contributed by atoms with Crippen LogP contribution in [0.3, 0.4) is 0 Å². The lowest BCUT2D eigenvalue weighted by Gasteiger charge is -2.36. The van der Waals surface area contributed by atoms with Crippen molar-refractivity contribution in [3.05, 3.63) is 29.8 Å². The van der Waals surface area contributed by atoms with Crippen LogP contribution in [0.4, 0.5) is 5.69 Å². The molecule has 0 spiro atoms. The topological polar surface area (TPSA) is 191 Å². The van der Waals surface area contributed by atoms with E-state index in [4.69, 9.17) is 23.2 Å². The number of aryl methyl sites for hydroxylation is 1. The Morgan fingerprint density at radius 3 is 2.02 bits per heavy atom. The van der Waals surface area contributed by atoms with Crippen LogP contribution in [-0.4, -0.2) is 115 Å². The molecule has 2 amide bonds. The van der Waals surface area contributed by atoms with Crippen molar-refractivity contribution in [1.29, 1.82) is 0 Å². The summed E-state index contributed by atoms with van der Waals surface area (Å²) in [6.45, 7) is 4.80. The maximum atomic E-state index is 12.8. The molecule has 1 aromatic carbocycles. The number of benzene rings is 1. The van der Waals surface area contributed by atoms with Crippen LogP contribution >= 0.6 is 38.4 Å². The van der Waals surface area contributed by atoms with Crippen molar-refractivity contribution < 1.29 is 43.4 Å². The van der Waals surface area contributed by atoms with Gasteiger partial charge in [-0.25, -0.2) is 0 Å². The third kappa shape index (κ3) is 10.7. The van der Waals surface area contributed by atoms with Crippen LogP contribution in [0.1, 0.15) is 38.2 Å². The van der Waals surface area contributed by atoms with Gasteiger partial charge in [-0.3, -0.25) is 23.6 Å². The number of anilines is 1. The summed E-state index contributed by atoms with van der Waals surface area (Å²) in [5, 5.41) is 9.32. The first-order valence-corrected chi connectivity index (χ1v) is 18.0. The van der Waals surface area contributed by atoms with Gasteiger partial charge in [-0.2, -0.15) is 0 Å². The first-order chi connectivity index (χ1) is 19.6. The summed E-state index contributed by atoms with van der Waals surface area (Å²) in [6.07, 6.45) is 0.752. The Morgan fingerprint density at radius 1 is 0.976 bits per heavy atom. The highest BCUT2D eigenvalue weighted by atomic mass is 35.5. The van der Waals surface area contributed by atoms with E-state index in [0.717, 1.165) is 11.3 Å². The first kappa shape index (κ1) is 36.9. The van der Waals surface area contributed by atoms with Crippen molar-refractivity contribution in [3.63, 3.8) is 0 Å². The highest BCUT2D eigenvalue weighted by molar-refractivity contribution is 7.72. The van der Waals surface area contributed by atoms with Crippen LogP contribution < -0.4 is 10.2 Å². The second-order valence-corrected chi connectivity index (χ2v) is 15.1. The molecule has 1 saturated heterocycles. The fourth-order valence-corrected chi connectivity index (χ4v) is 7.41. The number of hydrogen-bond donors (Lipinski definition) is 6. The zero-order valence-electron chi connectivity index (χ0n) is 23.6. The number of nitrogens with zero attached hydrogens (tertiary/aromatic N) is 3. The molecule has 0 bridgehead atoms. The summed E-state index contributed by atoms with van der Waals surface area (Å²) in [4.78, 5) is 67.9. The van der Waals surface area contributed by atoms with E-state index in [1.165, 1.54) is 0 Å². The second-order valence-electron chi connectivity index (χ2n) is 10.3. The molecule has 0 aliphatic carbocycles. The summed E-state index contributed by atoms with van der Waals surface area (Å²) < 4.78 is 23.0. The molecule has 1 aliphatic rings. The SMILES string of the molecule is C[C@H](NC(=O)CCCc1ccc(N(CCCl)CCCl)cc1)C(=O)N1CCN(CCCC(O)(P(=O)(O)O)P(=O)(O)O)CC1. The van der Waals surface area contributed by atoms with E-state index in [0.29, 0.717) is 63.9 Å².